The summed E-state index contributed by atoms with van der Waals surface area (Å²) < 4.78 is 0. The Balaban J connectivity index is 1.97. The van der Waals surface area contributed by atoms with Crippen LogP contribution in [0.15, 0.2) is 29.6 Å². The molecular formula is C14H12BrNOS. The monoisotopic (exact) mass is 321 g/mol. The highest BCUT2D eigenvalue weighted by atomic mass is 79.9. The molecule has 92 valence electrons. The Morgan fingerprint density at radius 1 is 1.39 bits per heavy atom. The number of nitrogens with one attached hydrogen (secondary N) is 1. The second-order valence-electron chi connectivity index (χ2n) is 4.47. The number of alkyl halides is 1. The summed E-state index contributed by atoms with van der Waals surface area (Å²) in [5, 5.41) is 4.97. The number of anilines is 1. The SMILES string of the molecule is Cc1ccsc1C(Br)c1ccc2c(c1)CC(=O)N2. The van der Waals surface area contributed by atoms with Crippen LogP contribution in [0.1, 0.15) is 26.4 Å². The lowest BCUT2D eigenvalue weighted by molar-refractivity contribution is -0.115. The molecule has 1 N–H and O–H groups in total. The van der Waals surface area contributed by atoms with E-state index in [1.807, 2.05) is 6.07 Å². The van der Waals surface area contributed by atoms with Gasteiger partial charge >= 0.3 is 0 Å². The number of carbonyl (C=O) groups is 1. The van der Waals surface area contributed by atoms with E-state index in [4.69, 9.17) is 0 Å². The average Bonchev–Trinajstić information content (AvgIpc) is 2.91. The maximum atomic E-state index is 11.3. The molecule has 1 aromatic carbocycles. The molecule has 2 heterocycles. The van der Waals surface area contributed by atoms with Gasteiger partial charge in [0.25, 0.3) is 0 Å². The molecule has 1 aromatic heterocycles. The smallest absolute Gasteiger partial charge is 0.228 e. The first-order valence-corrected chi connectivity index (χ1v) is 7.55. The fraction of sp³-hybridized carbons (Fsp3) is 0.214. The average molecular weight is 322 g/mol. The summed E-state index contributed by atoms with van der Waals surface area (Å²) in [5.41, 5.74) is 4.55. The predicted molar refractivity (Wildman–Crippen MR) is 78.6 cm³/mol. The minimum Gasteiger partial charge on any atom is -0.326 e. The largest absolute Gasteiger partial charge is 0.326 e. The van der Waals surface area contributed by atoms with Crippen LogP contribution in [-0.2, 0) is 11.2 Å². The third kappa shape index (κ3) is 1.99. The molecule has 0 bridgehead atoms. The minimum atomic E-state index is 0.0839. The number of fused-ring (bicyclic) bond motifs is 1. The number of halogens is 1. The maximum Gasteiger partial charge on any atom is 0.228 e. The highest BCUT2D eigenvalue weighted by Gasteiger charge is 2.20. The van der Waals surface area contributed by atoms with Crippen molar-refractivity contribution in [3.05, 3.63) is 51.2 Å². The van der Waals surface area contributed by atoms with E-state index in [0.29, 0.717) is 6.42 Å². The zero-order valence-corrected chi connectivity index (χ0v) is 12.3. The number of carbonyl (C=O) groups excluding carboxylic acids is 1. The van der Waals surface area contributed by atoms with Gasteiger partial charge in [-0.05, 0) is 41.1 Å². The fourth-order valence-electron chi connectivity index (χ4n) is 2.20. The molecule has 0 fully saturated rings. The summed E-state index contributed by atoms with van der Waals surface area (Å²) in [4.78, 5) is 12.9. The fourth-order valence-corrected chi connectivity index (χ4v) is 4.10. The van der Waals surface area contributed by atoms with Crippen molar-refractivity contribution in [3.8, 4) is 0 Å². The number of thiophene rings is 1. The third-order valence-electron chi connectivity index (χ3n) is 3.18. The topological polar surface area (TPSA) is 29.1 Å². The Labute approximate surface area is 118 Å². The van der Waals surface area contributed by atoms with Crippen molar-refractivity contribution in [2.24, 2.45) is 0 Å². The van der Waals surface area contributed by atoms with Crippen molar-refractivity contribution in [3.63, 3.8) is 0 Å². The number of amides is 1. The lowest BCUT2D eigenvalue weighted by Crippen LogP contribution is -2.03. The van der Waals surface area contributed by atoms with Crippen molar-refractivity contribution in [2.75, 3.05) is 5.32 Å². The van der Waals surface area contributed by atoms with Crippen LogP contribution in [0.5, 0.6) is 0 Å². The van der Waals surface area contributed by atoms with Gasteiger partial charge in [0.2, 0.25) is 5.91 Å². The third-order valence-corrected chi connectivity index (χ3v) is 5.55. The first-order chi connectivity index (χ1) is 8.65. The van der Waals surface area contributed by atoms with Crippen molar-refractivity contribution in [1.29, 1.82) is 0 Å². The molecule has 1 atom stereocenters. The van der Waals surface area contributed by atoms with Crippen LogP contribution in [0.2, 0.25) is 0 Å². The van der Waals surface area contributed by atoms with Gasteiger partial charge in [0.15, 0.2) is 0 Å². The lowest BCUT2D eigenvalue weighted by Gasteiger charge is -2.11. The first-order valence-electron chi connectivity index (χ1n) is 5.76. The van der Waals surface area contributed by atoms with Gasteiger partial charge in [0.1, 0.15) is 0 Å². The van der Waals surface area contributed by atoms with Crippen LogP contribution in [0.25, 0.3) is 0 Å². The van der Waals surface area contributed by atoms with Gasteiger partial charge in [-0.2, -0.15) is 0 Å². The standard InChI is InChI=1S/C14H12BrNOS/c1-8-4-5-18-14(8)13(15)9-2-3-11-10(6-9)7-12(17)16-11/h2-6,13H,7H2,1H3,(H,16,17). The van der Waals surface area contributed by atoms with Crippen molar-refractivity contribution in [2.45, 2.75) is 18.2 Å². The molecule has 3 rings (SSSR count). The van der Waals surface area contributed by atoms with Crippen LogP contribution in [0.4, 0.5) is 5.69 Å². The number of hydrogen-bond donors (Lipinski definition) is 1. The molecule has 2 aromatic rings. The highest BCUT2D eigenvalue weighted by molar-refractivity contribution is 9.09. The Hall–Kier alpha value is -1.13. The molecule has 1 aliphatic rings. The second-order valence-corrected chi connectivity index (χ2v) is 6.34. The van der Waals surface area contributed by atoms with E-state index in [1.54, 1.807) is 11.3 Å². The van der Waals surface area contributed by atoms with Crippen molar-refractivity contribution < 1.29 is 4.79 Å². The quantitative estimate of drug-likeness (QED) is 0.831. The zero-order chi connectivity index (χ0) is 12.7. The molecule has 18 heavy (non-hydrogen) atoms. The summed E-state index contributed by atoms with van der Waals surface area (Å²) in [6.07, 6.45) is 0.492. The summed E-state index contributed by atoms with van der Waals surface area (Å²) in [5.74, 6) is 0.0839. The number of hydrogen-bond acceptors (Lipinski definition) is 2. The lowest BCUT2D eigenvalue weighted by atomic mass is 10.0. The van der Waals surface area contributed by atoms with E-state index < -0.39 is 0 Å². The molecule has 0 aliphatic carbocycles. The molecule has 1 aliphatic heterocycles. The molecule has 1 unspecified atom stereocenters. The van der Waals surface area contributed by atoms with E-state index in [2.05, 4.69) is 51.7 Å². The number of benzene rings is 1. The summed E-state index contributed by atoms with van der Waals surface area (Å²) >= 11 is 5.51. The zero-order valence-electron chi connectivity index (χ0n) is 9.87. The van der Waals surface area contributed by atoms with E-state index >= 15 is 0 Å². The van der Waals surface area contributed by atoms with Crippen LogP contribution in [-0.4, -0.2) is 5.91 Å². The summed E-state index contributed by atoms with van der Waals surface area (Å²) in [6.45, 7) is 2.12. The number of rotatable bonds is 2. The predicted octanol–water partition coefficient (Wildman–Crippen LogP) is 4.04. The molecule has 4 heteroatoms. The summed E-state index contributed by atoms with van der Waals surface area (Å²) in [7, 11) is 0. The van der Waals surface area contributed by atoms with E-state index in [9.17, 15) is 4.79 Å². The Morgan fingerprint density at radius 2 is 2.22 bits per heavy atom. The van der Waals surface area contributed by atoms with Crippen LogP contribution >= 0.6 is 27.3 Å². The Kier molecular flexibility index (Phi) is 2.99. The van der Waals surface area contributed by atoms with Gasteiger partial charge in [-0.1, -0.05) is 28.1 Å². The normalized spacial score (nSPS) is 15.3. The Morgan fingerprint density at radius 3 is 2.94 bits per heavy atom. The molecular weight excluding hydrogens is 310 g/mol. The minimum absolute atomic E-state index is 0.0839. The molecule has 0 saturated carbocycles. The van der Waals surface area contributed by atoms with Gasteiger partial charge < -0.3 is 5.32 Å². The molecule has 0 radical (unpaired) electrons. The maximum absolute atomic E-state index is 11.3. The van der Waals surface area contributed by atoms with Gasteiger partial charge in [0.05, 0.1) is 11.2 Å². The van der Waals surface area contributed by atoms with Gasteiger partial charge in [-0.25, -0.2) is 0 Å². The molecule has 0 spiro atoms. The highest BCUT2D eigenvalue weighted by Crippen LogP contribution is 2.38. The van der Waals surface area contributed by atoms with E-state index in [-0.39, 0.29) is 10.7 Å². The van der Waals surface area contributed by atoms with Gasteiger partial charge in [-0.3, -0.25) is 4.79 Å². The Bertz CT molecular complexity index is 620. The van der Waals surface area contributed by atoms with E-state index in [1.165, 1.54) is 16.0 Å². The molecule has 2 nitrogen and oxygen atoms in total. The van der Waals surface area contributed by atoms with Crippen LogP contribution < -0.4 is 5.32 Å². The summed E-state index contributed by atoms with van der Waals surface area (Å²) in [6, 6.07) is 8.31. The van der Waals surface area contributed by atoms with Crippen molar-refractivity contribution in [1.82, 2.24) is 0 Å². The van der Waals surface area contributed by atoms with Crippen LogP contribution in [0, 0.1) is 6.92 Å². The second kappa shape index (κ2) is 4.52. The molecule has 1 amide bonds. The first kappa shape index (κ1) is 11.9. The molecule has 0 saturated heterocycles. The van der Waals surface area contributed by atoms with Crippen LogP contribution in [0.3, 0.4) is 0 Å². The van der Waals surface area contributed by atoms with Gasteiger partial charge in [0, 0.05) is 10.6 Å². The van der Waals surface area contributed by atoms with Gasteiger partial charge in [-0.15, -0.1) is 11.3 Å². The van der Waals surface area contributed by atoms with Crippen molar-refractivity contribution >= 4 is 38.9 Å². The van der Waals surface area contributed by atoms with E-state index in [0.717, 1.165) is 11.3 Å². The number of aryl methyl sites for hydroxylation is 1.